The molecule has 0 spiro atoms. The van der Waals surface area contributed by atoms with Gasteiger partial charge in [-0.05, 0) is 123 Å². The third-order valence-electron chi connectivity index (χ3n) is 12.0. The number of para-hydroxylation sites is 2. The normalized spacial score (nSPS) is 12.1. The van der Waals surface area contributed by atoms with Crippen molar-refractivity contribution in [3.05, 3.63) is 193 Å². The average Bonchev–Trinajstić information content (AvgIpc) is 3.68. The van der Waals surface area contributed by atoms with Crippen molar-refractivity contribution in [1.82, 2.24) is 14.5 Å². The van der Waals surface area contributed by atoms with Gasteiger partial charge in [0.15, 0.2) is 0 Å². The molecule has 60 heavy (non-hydrogen) atoms. The van der Waals surface area contributed by atoms with Gasteiger partial charge in [-0.1, -0.05) is 150 Å². The largest absolute Gasteiger partial charge is 0.507 e. The number of hydrogen-bond donors (Lipinski definition) is 1. The van der Waals surface area contributed by atoms with Crippen LogP contribution in [0.5, 0.6) is 5.75 Å². The van der Waals surface area contributed by atoms with Crippen molar-refractivity contribution in [1.29, 1.82) is 0 Å². The number of phenols is 1. The molecule has 9 aromatic rings. The van der Waals surface area contributed by atoms with E-state index in [9.17, 15) is 5.11 Å². The first-order chi connectivity index (χ1) is 29.5. The molecule has 1 N–H and O–H groups in total. The standard InChI is InChI=1S/C56H49N3O/c1-6-56(4,5)46-28-29-51(49(36-46)41-18-11-8-12-19-41)59-52-22-15-21-47(54(52)58-55(59)48-20-13-14-23-53(48)60)44-32-43(39-16-9-7-10-17-39)33-45(34-44)50-35-42(30-31-57-50)40-26-24-38(25-27-40)37(2)3/h7-37,60H,6H2,1-5H3/i37D. The summed E-state index contributed by atoms with van der Waals surface area (Å²) in [6, 6.07) is 60.8. The van der Waals surface area contributed by atoms with Crippen molar-refractivity contribution < 1.29 is 6.48 Å². The van der Waals surface area contributed by atoms with E-state index < -0.39 is 5.89 Å². The van der Waals surface area contributed by atoms with Gasteiger partial charge in [0.25, 0.3) is 0 Å². The van der Waals surface area contributed by atoms with E-state index >= 15 is 0 Å². The topological polar surface area (TPSA) is 50.9 Å². The van der Waals surface area contributed by atoms with E-state index in [4.69, 9.17) is 11.3 Å². The quantitative estimate of drug-likeness (QED) is 0.150. The number of aromatic hydroxyl groups is 1. The Hall–Kier alpha value is -7.04. The summed E-state index contributed by atoms with van der Waals surface area (Å²) >= 11 is 0. The van der Waals surface area contributed by atoms with Crippen molar-refractivity contribution in [3.63, 3.8) is 0 Å². The van der Waals surface area contributed by atoms with Crippen LogP contribution in [0.1, 0.15) is 59.4 Å². The van der Waals surface area contributed by atoms with Crippen LogP contribution in [0.2, 0.25) is 0 Å². The number of pyridine rings is 1. The van der Waals surface area contributed by atoms with E-state index in [1.165, 1.54) is 5.56 Å². The molecular weight excluding hydrogens is 731 g/mol. The third kappa shape index (κ3) is 7.30. The molecule has 0 radical (unpaired) electrons. The zero-order valence-corrected chi connectivity index (χ0v) is 34.8. The molecule has 0 amide bonds. The summed E-state index contributed by atoms with van der Waals surface area (Å²) in [7, 11) is 0. The Labute approximate surface area is 354 Å². The van der Waals surface area contributed by atoms with Gasteiger partial charge in [0.1, 0.15) is 11.6 Å². The Kier molecular flexibility index (Phi) is 9.90. The number of hydrogen-bond acceptors (Lipinski definition) is 3. The van der Waals surface area contributed by atoms with Gasteiger partial charge in [0.05, 0.1) is 28.0 Å². The molecule has 4 nitrogen and oxygen atoms in total. The van der Waals surface area contributed by atoms with Crippen LogP contribution in [-0.4, -0.2) is 19.6 Å². The lowest BCUT2D eigenvalue weighted by Crippen LogP contribution is -2.16. The first-order valence-corrected chi connectivity index (χ1v) is 20.8. The second kappa shape index (κ2) is 16.0. The van der Waals surface area contributed by atoms with Crippen LogP contribution in [0.25, 0.3) is 83.9 Å². The van der Waals surface area contributed by atoms with Gasteiger partial charge in [-0.3, -0.25) is 9.55 Å². The number of imidazole rings is 1. The van der Waals surface area contributed by atoms with Crippen molar-refractivity contribution in [3.8, 4) is 78.6 Å². The van der Waals surface area contributed by atoms with Crippen molar-refractivity contribution in [2.24, 2.45) is 0 Å². The first-order valence-electron chi connectivity index (χ1n) is 21.3. The molecule has 2 heterocycles. The maximum atomic E-state index is 11.4. The van der Waals surface area contributed by atoms with Gasteiger partial charge >= 0.3 is 0 Å². The minimum absolute atomic E-state index is 0.0212. The van der Waals surface area contributed by atoms with E-state index in [1.54, 1.807) is 6.07 Å². The van der Waals surface area contributed by atoms with Crippen molar-refractivity contribution in [2.75, 3.05) is 0 Å². The van der Waals surface area contributed by atoms with Gasteiger partial charge in [-0.15, -0.1) is 0 Å². The number of fused-ring (bicyclic) bond motifs is 1. The van der Waals surface area contributed by atoms with Crippen LogP contribution in [0, 0.1) is 0 Å². The summed E-state index contributed by atoms with van der Waals surface area (Å²) in [4.78, 5) is 10.4. The first kappa shape index (κ1) is 37.2. The highest BCUT2D eigenvalue weighted by Gasteiger charge is 2.25. The fourth-order valence-electron chi connectivity index (χ4n) is 8.12. The minimum atomic E-state index is -0.669. The Morgan fingerprint density at radius 3 is 1.95 bits per heavy atom. The van der Waals surface area contributed by atoms with Crippen LogP contribution < -0.4 is 0 Å². The Morgan fingerprint density at radius 1 is 0.583 bits per heavy atom. The molecule has 0 aliphatic heterocycles. The van der Waals surface area contributed by atoms with Gasteiger partial charge in [-0.25, -0.2) is 4.98 Å². The highest BCUT2D eigenvalue weighted by molar-refractivity contribution is 5.98. The lowest BCUT2D eigenvalue weighted by molar-refractivity contribution is 0.477. The fourth-order valence-corrected chi connectivity index (χ4v) is 8.12. The second-order valence-corrected chi connectivity index (χ2v) is 16.5. The van der Waals surface area contributed by atoms with E-state index in [2.05, 4.69) is 153 Å². The second-order valence-electron chi connectivity index (χ2n) is 16.5. The molecule has 9 rings (SSSR count). The highest BCUT2D eigenvalue weighted by Crippen LogP contribution is 2.43. The number of benzene rings is 7. The van der Waals surface area contributed by atoms with Gasteiger partial charge in [0.2, 0.25) is 0 Å². The predicted molar refractivity (Wildman–Crippen MR) is 251 cm³/mol. The molecule has 2 aromatic heterocycles. The smallest absolute Gasteiger partial charge is 0.149 e. The Morgan fingerprint density at radius 2 is 1.23 bits per heavy atom. The van der Waals surface area contributed by atoms with Crippen molar-refractivity contribution >= 4 is 11.0 Å². The fraction of sp³-hybridized carbons (Fsp3) is 0.143. The molecule has 7 aromatic carbocycles. The maximum absolute atomic E-state index is 11.4. The van der Waals surface area contributed by atoms with Crippen molar-refractivity contribution in [2.45, 2.75) is 52.3 Å². The van der Waals surface area contributed by atoms with Crippen LogP contribution >= 0.6 is 0 Å². The van der Waals surface area contributed by atoms with Crippen LogP contribution in [0.4, 0.5) is 0 Å². The molecule has 294 valence electrons. The maximum Gasteiger partial charge on any atom is 0.149 e. The highest BCUT2D eigenvalue weighted by atomic mass is 16.3. The molecule has 0 atom stereocenters. The molecule has 0 bridgehead atoms. The molecule has 0 saturated carbocycles. The zero-order chi connectivity index (χ0) is 42.3. The van der Waals surface area contributed by atoms with Gasteiger partial charge < -0.3 is 5.11 Å². The predicted octanol–water partition coefficient (Wildman–Crippen LogP) is 14.9. The third-order valence-corrected chi connectivity index (χ3v) is 12.0. The molecular formula is C56H49N3O. The lowest BCUT2D eigenvalue weighted by atomic mass is 9.81. The summed E-state index contributed by atoms with van der Waals surface area (Å²) in [5.74, 6) is 0.162. The number of nitrogens with zero attached hydrogens (tertiary/aromatic N) is 3. The number of rotatable bonds is 10. The molecule has 4 heteroatoms. The number of aromatic nitrogens is 3. The summed E-state index contributed by atoms with van der Waals surface area (Å²) in [5, 5.41) is 11.4. The molecule has 0 aliphatic carbocycles. The zero-order valence-electron chi connectivity index (χ0n) is 35.8. The number of phenolic OH excluding ortho intramolecular Hbond substituents is 1. The van der Waals surface area contributed by atoms with E-state index in [0.29, 0.717) is 11.4 Å². The summed E-state index contributed by atoms with van der Waals surface area (Å²) < 4.78 is 10.7. The summed E-state index contributed by atoms with van der Waals surface area (Å²) in [5.41, 5.74) is 16.0. The van der Waals surface area contributed by atoms with Crippen LogP contribution in [0.15, 0.2) is 182 Å². The Bertz CT molecular complexity index is 3020. The van der Waals surface area contributed by atoms with Gasteiger partial charge in [-0.2, -0.15) is 0 Å². The van der Waals surface area contributed by atoms with E-state index in [-0.39, 0.29) is 11.2 Å². The van der Waals surface area contributed by atoms with Gasteiger partial charge in [0, 0.05) is 24.3 Å². The molecule has 0 fully saturated rings. The van der Waals surface area contributed by atoms with E-state index in [0.717, 1.165) is 84.5 Å². The van der Waals surface area contributed by atoms with Crippen LogP contribution in [0.3, 0.4) is 0 Å². The average molecular weight is 781 g/mol. The SMILES string of the molecule is [2H]C(C)(C)c1ccc(-c2ccnc(-c3cc(-c4ccccc4)cc(-c4cccc5c4nc(-c4ccccc4O)n5-c4ccc(C(C)(C)CC)cc4-c4ccccc4)c3)c2)cc1. The monoisotopic (exact) mass is 780 g/mol. The summed E-state index contributed by atoms with van der Waals surface area (Å²) in [6.45, 7) is 10.7. The van der Waals surface area contributed by atoms with Crippen LogP contribution in [-0.2, 0) is 5.41 Å². The Balaban J connectivity index is 1.27. The summed E-state index contributed by atoms with van der Waals surface area (Å²) in [6.07, 6.45) is 2.88. The lowest BCUT2D eigenvalue weighted by Gasteiger charge is -2.25. The minimum Gasteiger partial charge on any atom is -0.507 e. The molecule has 0 aliphatic rings. The molecule has 0 saturated heterocycles. The molecule has 0 unspecified atom stereocenters. The van der Waals surface area contributed by atoms with E-state index in [1.807, 2.05) is 62.5 Å².